The molecule has 2 atom stereocenters. The maximum atomic E-state index is 12.5. The average Bonchev–Trinajstić information content (AvgIpc) is 2.84. The van der Waals surface area contributed by atoms with Gasteiger partial charge >= 0.3 is 0 Å². The van der Waals surface area contributed by atoms with Crippen LogP contribution in [0.15, 0.2) is 24.3 Å². The van der Waals surface area contributed by atoms with E-state index in [1.54, 1.807) is 4.90 Å². The molecule has 4 nitrogen and oxygen atoms in total. The Kier molecular flexibility index (Phi) is 4.56. The molecule has 4 heteroatoms. The summed E-state index contributed by atoms with van der Waals surface area (Å²) in [4.78, 5) is 14.3. The maximum Gasteiger partial charge on any atom is 0.253 e. The molecule has 1 fully saturated rings. The fourth-order valence-electron chi connectivity index (χ4n) is 2.61. The van der Waals surface area contributed by atoms with E-state index in [0.717, 1.165) is 30.6 Å². The Labute approximate surface area is 114 Å². The number of ether oxygens (including phenoxy) is 1. The molecule has 0 aliphatic carbocycles. The summed E-state index contributed by atoms with van der Waals surface area (Å²) in [7, 11) is 1.85. The lowest BCUT2D eigenvalue weighted by atomic mass is 10.1. The van der Waals surface area contributed by atoms with Gasteiger partial charge in [-0.25, -0.2) is 0 Å². The van der Waals surface area contributed by atoms with E-state index in [2.05, 4.69) is 0 Å². The summed E-state index contributed by atoms with van der Waals surface area (Å²) < 4.78 is 5.52. The third-order valence-electron chi connectivity index (χ3n) is 3.76. The zero-order chi connectivity index (χ0) is 13.8. The van der Waals surface area contributed by atoms with E-state index in [4.69, 9.17) is 10.5 Å². The van der Waals surface area contributed by atoms with Gasteiger partial charge in [0.15, 0.2) is 0 Å². The van der Waals surface area contributed by atoms with E-state index < -0.39 is 0 Å². The Balaban J connectivity index is 2.12. The fourth-order valence-corrected chi connectivity index (χ4v) is 2.61. The predicted molar refractivity (Wildman–Crippen MR) is 75.1 cm³/mol. The van der Waals surface area contributed by atoms with Gasteiger partial charge in [0.25, 0.3) is 5.91 Å². The molecule has 1 amide bonds. The highest BCUT2D eigenvalue weighted by molar-refractivity contribution is 5.94. The minimum absolute atomic E-state index is 0.0567. The summed E-state index contributed by atoms with van der Waals surface area (Å²) in [5.41, 5.74) is 7.39. The normalized spacial score (nSPS) is 22.5. The molecule has 19 heavy (non-hydrogen) atoms. The number of likely N-dealkylation sites (N-methyl/N-ethyl adjacent to an activating group) is 1. The Hall–Kier alpha value is -1.39. The van der Waals surface area contributed by atoms with Crippen LogP contribution < -0.4 is 5.73 Å². The number of nitrogens with zero attached hydrogens (tertiary/aromatic N) is 1. The molecule has 1 aliphatic rings. The molecular weight excluding hydrogens is 240 g/mol. The second-order valence-electron chi connectivity index (χ2n) is 5.09. The highest BCUT2D eigenvalue weighted by Gasteiger charge is 2.30. The number of rotatable bonds is 4. The summed E-state index contributed by atoms with van der Waals surface area (Å²) in [5, 5.41) is 0. The monoisotopic (exact) mass is 262 g/mol. The molecule has 2 rings (SSSR count). The van der Waals surface area contributed by atoms with Crippen LogP contribution in [0.3, 0.4) is 0 Å². The van der Waals surface area contributed by atoms with Crippen molar-refractivity contribution in [2.45, 2.75) is 31.9 Å². The first-order valence-corrected chi connectivity index (χ1v) is 6.81. The Morgan fingerprint density at radius 1 is 1.53 bits per heavy atom. The summed E-state index contributed by atoms with van der Waals surface area (Å²) in [6.07, 6.45) is 1.82. The minimum Gasteiger partial charge on any atom is -0.376 e. The van der Waals surface area contributed by atoms with Crippen molar-refractivity contribution >= 4 is 5.91 Å². The molecule has 2 N–H and O–H groups in total. The molecule has 0 bridgehead atoms. The van der Waals surface area contributed by atoms with Gasteiger partial charge in [-0.3, -0.25) is 4.79 Å². The van der Waals surface area contributed by atoms with Gasteiger partial charge in [-0.15, -0.1) is 0 Å². The van der Waals surface area contributed by atoms with Crippen molar-refractivity contribution in [2.75, 3.05) is 20.2 Å². The number of hydrogen-bond acceptors (Lipinski definition) is 3. The molecule has 1 aliphatic heterocycles. The molecular formula is C15H22N2O2. The van der Waals surface area contributed by atoms with Gasteiger partial charge in [0.05, 0.1) is 12.1 Å². The third kappa shape index (κ3) is 3.14. The molecule has 0 radical (unpaired) electrons. The molecule has 1 aromatic rings. The fraction of sp³-hybridized carbons (Fsp3) is 0.533. The highest BCUT2D eigenvalue weighted by atomic mass is 16.5. The quantitative estimate of drug-likeness (QED) is 0.893. The maximum absolute atomic E-state index is 12.5. The smallest absolute Gasteiger partial charge is 0.253 e. The van der Waals surface area contributed by atoms with Crippen molar-refractivity contribution < 1.29 is 9.53 Å². The summed E-state index contributed by atoms with van der Waals surface area (Å²) >= 11 is 0. The Bertz CT molecular complexity index is 448. The van der Waals surface area contributed by atoms with E-state index in [9.17, 15) is 4.79 Å². The number of benzene rings is 1. The molecule has 0 spiro atoms. The van der Waals surface area contributed by atoms with Crippen LogP contribution in [-0.4, -0.2) is 43.2 Å². The lowest BCUT2D eigenvalue weighted by molar-refractivity contribution is 0.0574. The lowest BCUT2D eigenvalue weighted by Gasteiger charge is -2.27. The average molecular weight is 262 g/mol. The van der Waals surface area contributed by atoms with Crippen LogP contribution in [0.2, 0.25) is 0 Å². The van der Waals surface area contributed by atoms with E-state index in [-0.39, 0.29) is 18.1 Å². The molecule has 1 heterocycles. The van der Waals surface area contributed by atoms with Crippen molar-refractivity contribution in [3.05, 3.63) is 35.4 Å². The number of carbonyl (C=O) groups is 1. The summed E-state index contributed by atoms with van der Waals surface area (Å²) in [6, 6.07) is 7.89. The van der Waals surface area contributed by atoms with Crippen molar-refractivity contribution in [3.8, 4) is 0 Å². The first kappa shape index (κ1) is 14.0. The predicted octanol–water partition coefficient (Wildman–Crippen LogP) is 1.44. The first-order valence-electron chi connectivity index (χ1n) is 6.81. The molecule has 0 saturated carbocycles. The third-order valence-corrected chi connectivity index (χ3v) is 3.76. The highest BCUT2D eigenvalue weighted by Crippen LogP contribution is 2.20. The second kappa shape index (κ2) is 6.17. The number of carbonyl (C=O) groups excluding carboxylic acids is 1. The van der Waals surface area contributed by atoms with E-state index in [1.807, 2.05) is 38.2 Å². The molecule has 2 unspecified atom stereocenters. The summed E-state index contributed by atoms with van der Waals surface area (Å²) in [6.45, 7) is 3.35. The van der Waals surface area contributed by atoms with Gasteiger partial charge in [0, 0.05) is 19.2 Å². The van der Waals surface area contributed by atoms with Crippen molar-refractivity contribution in [2.24, 2.45) is 5.73 Å². The zero-order valence-corrected chi connectivity index (χ0v) is 11.6. The van der Waals surface area contributed by atoms with Gasteiger partial charge in [-0.1, -0.05) is 12.1 Å². The van der Waals surface area contributed by atoms with Crippen LogP contribution in [0, 0.1) is 0 Å². The van der Waals surface area contributed by atoms with E-state index >= 15 is 0 Å². The molecule has 104 valence electrons. The molecule has 0 aromatic heterocycles. The van der Waals surface area contributed by atoms with Crippen LogP contribution in [0.25, 0.3) is 0 Å². The lowest BCUT2D eigenvalue weighted by Crippen LogP contribution is -2.41. The largest absolute Gasteiger partial charge is 0.376 e. The van der Waals surface area contributed by atoms with Crippen LogP contribution in [-0.2, 0) is 11.2 Å². The molecule has 1 saturated heterocycles. The van der Waals surface area contributed by atoms with Crippen molar-refractivity contribution in [1.82, 2.24) is 4.90 Å². The number of amides is 1. The van der Waals surface area contributed by atoms with Crippen LogP contribution >= 0.6 is 0 Å². The summed E-state index contributed by atoms with van der Waals surface area (Å²) in [5.74, 6) is 0.0567. The van der Waals surface area contributed by atoms with Gasteiger partial charge < -0.3 is 15.4 Å². The van der Waals surface area contributed by atoms with Gasteiger partial charge in [-0.2, -0.15) is 0 Å². The van der Waals surface area contributed by atoms with Crippen LogP contribution in [0.4, 0.5) is 0 Å². The van der Waals surface area contributed by atoms with Gasteiger partial charge in [-0.05, 0) is 44.0 Å². The standard InChI is InChI=1S/C15H22N2O2/c1-11-14(7-9-19-11)17(2)15(18)13-5-3-4-12(10-13)6-8-16/h3-5,10-11,14H,6-9,16H2,1-2H3. The van der Waals surface area contributed by atoms with Crippen LogP contribution in [0.5, 0.6) is 0 Å². The Morgan fingerprint density at radius 2 is 2.32 bits per heavy atom. The number of hydrogen-bond donors (Lipinski definition) is 1. The minimum atomic E-state index is 0.0567. The number of nitrogens with two attached hydrogens (primary N) is 1. The SMILES string of the molecule is CC1OCCC1N(C)C(=O)c1cccc(CCN)c1. The van der Waals surface area contributed by atoms with Gasteiger partial charge in [0.2, 0.25) is 0 Å². The van der Waals surface area contributed by atoms with E-state index in [0.29, 0.717) is 6.54 Å². The zero-order valence-electron chi connectivity index (χ0n) is 11.6. The topological polar surface area (TPSA) is 55.6 Å². The van der Waals surface area contributed by atoms with Crippen molar-refractivity contribution in [3.63, 3.8) is 0 Å². The van der Waals surface area contributed by atoms with E-state index in [1.165, 1.54) is 0 Å². The Morgan fingerprint density at radius 3 is 2.95 bits per heavy atom. The second-order valence-corrected chi connectivity index (χ2v) is 5.09. The van der Waals surface area contributed by atoms with Crippen LogP contribution in [0.1, 0.15) is 29.3 Å². The van der Waals surface area contributed by atoms with Crippen molar-refractivity contribution in [1.29, 1.82) is 0 Å². The first-order chi connectivity index (χ1) is 9.13. The van der Waals surface area contributed by atoms with Gasteiger partial charge in [0.1, 0.15) is 0 Å². The molecule has 1 aromatic carbocycles.